The van der Waals surface area contributed by atoms with E-state index < -0.39 is 6.04 Å². The second-order valence-corrected chi connectivity index (χ2v) is 5.48. The molecule has 6 heteroatoms. The molecule has 21 heavy (non-hydrogen) atoms. The van der Waals surface area contributed by atoms with Crippen LogP contribution in [0.25, 0.3) is 0 Å². The lowest BCUT2D eigenvalue weighted by Gasteiger charge is -2.22. The van der Waals surface area contributed by atoms with Gasteiger partial charge in [-0.3, -0.25) is 4.79 Å². The van der Waals surface area contributed by atoms with Crippen molar-refractivity contribution in [2.45, 2.75) is 44.4 Å². The number of hydrogen-bond acceptors (Lipinski definition) is 5. The Morgan fingerprint density at radius 1 is 1.48 bits per heavy atom. The number of ether oxygens (including phenoxy) is 1. The number of aromatic hydroxyl groups is 2. The van der Waals surface area contributed by atoms with Crippen molar-refractivity contribution in [2.75, 3.05) is 6.61 Å². The molecule has 1 heterocycles. The van der Waals surface area contributed by atoms with E-state index in [-0.39, 0.29) is 36.0 Å². The van der Waals surface area contributed by atoms with Crippen LogP contribution >= 0.6 is 0 Å². The molecule has 0 saturated carbocycles. The Kier molecular flexibility index (Phi) is 5.03. The van der Waals surface area contributed by atoms with Crippen molar-refractivity contribution >= 4 is 5.91 Å². The highest BCUT2D eigenvalue weighted by atomic mass is 16.5. The van der Waals surface area contributed by atoms with Gasteiger partial charge in [0.05, 0.1) is 18.2 Å². The zero-order valence-electron chi connectivity index (χ0n) is 12.1. The normalized spacial score (nSPS) is 21.0. The molecule has 1 aliphatic rings. The number of phenols is 2. The molecule has 1 saturated heterocycles. The van der Waals surface area contributed by atoms with Gasteiger partial charge in [-0.25, -0.2) is 0 Å². The summed E-state index contributed by atoms with van der Waals surface area (Å²) in [5.74, 6) is -0.651. The SMILES string of the molecule is CC(NC(=O)[C@@H](N)Cc1ccc(O)c(O)c1)C1CCCO1. The Morgan fingerprint density at radius 2 is 2.24 bits per heavy atom. The van der Waals surface area contributed by atoms with Crippen molar-refractivity contribution in [1.29, 1.82) is 0 Å². The summed E-state index contributed by atoms with van der Waals surface area (Å²) in [5, 5.41) is 21.6. The summed E-state index contributed by atoms with van der Waals surface area (Å²) < 4.78 is 5.53. The van der Waals surface area contributed by atoms with Crippen molar-refractivity contribution in [2.24, 2.45) is 5.73 Å². The van der Waals surface area contributed by atoms with Gasteiger partial charge in [0.25, 0.3) is 0 Å². The van der Waals surface area contributed by atoms with Gasteiger partial charge in [0.1, 0.15) is 0 Å². The molecule has 1 fully saturated rings. The molecular weight excluding hydrogens is 272 g/mol. The van der Waals surface area contributed by atoms with Crippen molar-refractivity contribution in [3.8, 4) is 11.5 Å². The van der Waals surface area contributed by atoms with Crippen LogP contribution in [0.3, 0.4) is 0 Å². The minimum absolute atomic E-state index is 0.0545. The van der Waals surface area contributed by atoms with Gasteiger partial charge in [0.2, 0.25) is 5.91 Å². The third-order valence-electron chi connectivity index (χ3n) is 3.72. The van der Waals surface area contributed by atoms with Gasteiger partial charge < -0.3 is 26.0 Å². The third-order valence-corrected chi connectivity index (χ3v) is 3.72. The number of hydrogen-bond donors (Lipinski definition) is 4. The molecule has 2 unspecified atom stereocenters. The molecule has 0 bridgehead atoms. The van der Waals surface area contributed by atoms with E-state index in [4.69, 9.17) is 10.5 Å². The molecule has 1 aromatic rings. The number of nitrogens with one attached hydrogen (secondary N) is 1. The number of carbonyl (C=O) groups excluding carboxylic acids is 1. The Bertz CT molecular complexity index is 500. The fourth-order valence-corrected chi connectivity index (χ4v) is 2.46. The summed E-state index contributed by atoms with van der Waals surface area (Å²) in [4.78, 5) is 12.1. The van der Waals surface area contributed by atoms with Crippen LogP contribution in [0.15, 0.2) is 18.2 Å². The van der Waals surface area contributed by atoms with E-state index in [0.29, 0.717) is 5.56 Å². The quantitative estimate of drug-likeness (QED) is 0.597. The van der Waals surface area contributed by atoms with Gasteiger partial charge in [-0.2, -0.15) is 0 Å². The van der Waals surface area contributed by atoms with Gasteiger partial charge in [-0.15, -0.1) is 0 Å². The first-order valence-corrected chi connectivity index (χ1v) is 7.16. The monoisotopic (exact) mass is 294 g/mol. The van der Waals surface area contributed by atoms with Crippen molar-refractivity contribution < 1.29 is 19.7 Å². The zero-order valence-corrected chi connectivity index (χ0v) is 12.1. The lowest BCUT2D eigenvalue weighted by atomic mass is 10.0. The summed E-state index contributed by atoms with van der Waals surface area (Å²) >= 11 is 0. The zero-order chi connectivity index (χ0) is 15.4. The Balaban J connectivity index is 1.88. The number of phenolic OH excluding ortho intramolecular Hbond substituents is 2. The topological polar surface area (TPSA) is 105 Å². The first-order chi connectivity index (χ1) is 9.97. The van der Waals surface area contributed by atoms with Crippen LogP contribution in [-0.2, 0) is 16.0 Å². The molecule has 6 nitrogen and oxygen atoms in total. The van der Waals surface area contributed by atoms with Crippen molar-refractivity contribution in [3.63, 3.8) is 0 Å². The number of rotatable bonds is 5. The fourth-order valence-electron chi connectivity index (χ4n) is 2.46. The lowest BCUT2D eigenvalue weighted by Crippen LogP contribution is -2.49. The molecule has 0 aromatic heterocycles. The Hall–Kier alpha value is -1.79. The van der Waals surface area contributed by atoms with E-state index in [0.717, 1.165) is 19.4 Å². The number of carbonyl (C=O) groups is 1. The Labute approximate surface area is 123 Å². The van der Waals surface area contributed by atoms with Gasteiger partial charge in [0, 0.05) is 6.61 Å². The Morgan fingerprint density at radius 3 is 2.86 bits per heavy atom. The van der Waals surface area contributed by atoms with Crippen LogP contribution in [0.2, 0.25) is 0 Å². The van der Waals surface area contributed by atoms with E-state index in [1.54, 1.807) is 6.07 Å². The van der Waals surface area contributed by atoms with Crippen LogP contribution in [0, 0.1) is 0 Å². The molecule has 1 aromatic carbocycles. The van der Waals surface area contributed by atoms with Crippen LogP contribution in [-0.4, -0.2) is 40.9 Å². The summed E-state index contributed by atoms with van der Waals surface area (Å²) in [6, 6.07) is 3.64. The van der Waals surface area contributed by atoms with Crippen LogP contribution in [0.1, 0.15) is 25.3 Å². The van der Waals surface area contributed by atoms with E-state index in [1.807, 2.05) is 6.92 Å². The predicted molar refractivity (Wildman–Crippen MR) is 78.0 cm³/mol. The summed E-state index contributed by atoms with van der Waals surface area (Å²) in [6.45, 7) is 2.65. The van der Waals surface area contributed by atoms with E-state index in [1.165, 1.54) is 12.1 Å². The molecule has 116 valence electrons. The molecule has 1 amide bonds. The highest BCUT2D eigenvalue weighted by molar-refractivity contribution is 5.82. The number of nitrogens with two attached hydrogens (primary N) is 1. The number of benzene rings is 1. The number of amides is 1. The van der Waals surface area contributed by atoms with E-state index >= 15 is 0 Å². The molecule has 0 aliphatic carbocycles. The van der Waals surface area contributed by atoms with Crippen LogP contribution in [0.4, 0.5) is 0 Å². The molecule has 5 N–H and O–H groups in total. The highest BCUT2D eigenvalue weighted by Crippen LogP contribution is 2.25. The molecule has 0 radical (unpaired) electrons. The average molecular weight is 294 g/mol. The van der Waals surface area contributed by atoms with Crippen LogP contribution in [0.5, 0.6) is 11.5 Å². The van der Waals surface area contributed by atoms with E-state index in [9.17, 15) is 15.0 Å². The molecular formula is C15H22N2O4. The van der Waals surface area contributed by atoms with E-state index in [2.05, 4.69) is 5.32 Å². The first kappa shape index (κ1) is 15.6. The summed E-state index contributed by atoms with van der Waals surface area (Å²) in [6.07, 6.45) is 2.31. The maximum absolute atomic E-state index is 12.1. The van der Waals surface area contributed by atoms with Crippen LogP contribution < -0.4 is 11.1 Å². The summed E-state index contributed by atoms with van der Waals surface area (Å²) in [5.41, 5.74) is 6.58. The smallest absolute Gasteiger partial charge is 0.237 e. The molecule has 1 aliphatic heterocycles. The van der Waals surface area contributed by atoms with Crippen molar-refractivity contribution in [1.82, 2.24) is 5.32 Å². The largest absolute Gasteiger partial charge is 0.504 e. The van der Waals surface area contributed by atoms with Crippen molar-refractivity contribution in [3.05, 3.63) is 23.8 Å². The van der Waals surface area contributed by atoms with Gasteiger partial charge in [0.15, 0.2) is 11.5 Å². The second-order valence-electron chi connectivity index (χ2n) is 5.48. The van der Waals surface area contributed by atoms with Gasteiger partial charge in [-0.1, -0.05) is 6.07 Å². The second kappa shape index (κ2) is 6.78. The minimum atomic E-state index is -0.710. The standard InChI is InChI=1S/C15H22N2O4/c1-9(14-3-2-6-21-14)17-15(20)11(16)7-10-4-5-12(18)13(19)8-10/h4-5,8-9,11,14,18-19H,2-3,6-7,16H2,1H3,(H,17,20)/t9?,11-,14?/m0/s1. The maximum Gasteiger partial charge on any atom is 0.237 e. The third kappa shape index (κ3) is 4.09. The maximum atomic E-state index is 12.1. The predicted octanol–water partition coefficient (Wildman–Crippen LogP) is 0.651. The minimum Gasteiger partial charge on any atom is -0.504 e. The molecule has 0 spiro atoms. The highest BCUT2D eigenvalue weighted by Gasteiger charge is 2.25. The summed E-state index contributed by atoms with van der Waals surface area (Å²) in [7, 11) is 0. The lowest BCUT2D eigenvalue weighted by molar-refractivity contribution is -0.123. The molecule has 2 rings (SSSR count). The first-order valence-electron chi connectivity index (χ1n) is 7.16. The van der Waals surface area contributed by atoms with Gasteiger partial charge >= 0.3 is 0 Å². The average Bonchev–Trinajstić information content (AvgIpc) is 2.97. The fraction of sp³-hybridized carbons (Fsp3) is 0.533. The molecule has 3 atom stereocenters. The van der Waals surface area contributed by atoms with Gasteiger partial charge in [-0.05, 0) is 43.9 Å².